The van der Waals surface area contributed by atoms with E-state index in [4.69, 9.17) is 0 Å². The largest absolute Gasteiger partial charge is 0.382 e. The topological polar surface area (TPSA) is 15.3 Å². The van der Waals surface area contributed by atoms with Crippen LogP contribution in [0.15, 0.2) is 91.0 Å². The van der Waals surface area contributed by atoms with Gasteiger partial charge in [-0.15, -0.1) is 0 Å². The minimum atomic E-state index is 0.0447. The number of benzene rings is 3. The number of nitrogens with one attached hydrogen (secondary N) is 1. The van der Waals surface area contributed by atoms with Gasteiger partial charge in [0.15, 0.2) is 0 Å². The molecule has 1 aliphatic rings. The van der Waals surface area contributed by atoms with Crippen molar-refractivity contribution in [3.63, 3.8) is 0 Å². The lowest BCUT2D eigenvalue weighted by atomic mass is 9.60. The first-order valence-electron chi connectivity index (χ1n) is 15.4. The molecule has 0 aliphatic heterocycles. The monoisotopic (exact) mass is 522 g/mol. The van der Waals surface area contributed by atoms with Crippen LogP contribution in [0.3, 0.4) is 0 Å². The van der Waals surface area contributed by atoms with Crippen molar-refractivity contribution in [2.45, 2.75) is 98.1 Å². The molecule has 0 bridgehead atoms. The van der Waals surface area contributed by atoms with E-state index in [9.17, 15) is 0 Å². The van der Waals surface area contributed by atoms with Crippen LogP contribution in [0.4, 0.5) is 17.1 Å². The van der Waals surface area contributed by atoms with E-state index in [1.54, 1.807) is 0 Å². The molecule has 208 valence electrons. The van der Waals surface area contributed by atoms with Gasteiger partial charge in [0.05, 0.1) is 5.54 Å². The van der Waals surface area contributed by atoms with Crippen molar-refractivity contribution >= 4 is 22.6 Å². The zero-order chi connectivity index (χ0) is 27.9. The fourth-order valence-electron chi connectivity index (χ4n) is 7.59. The number of para-hydroxylation sites is 2. The molecule has 0 amide bonds. The Bertz CT molecular complexity index is 1160. The van der Waals surface area contributed by atoms with Crippen LogP contribution in [-0.2, 0) is 0 Å². The molecule has 2 atom stereocenters. The lowest BCUT2D eigenvalue weighted by molar-refractivity contribution is 0.0893. The highest BCUT2D eigenvalue weighted by molar-refractivity contribution is 5.72. The molecule has 2 heteroatoms. The summed E-state index contributed by atoms with van der Waals surface area (Å²) in [5, 5.41) is 3.75. The standard InChI is InChI=1S/C37H50N2/c1-7-36(8-2,9-3)37(10-4,11-5)39(33-20-16-13-17-21-33)34-25-22-30(23-26-34)31-24-27-35(29(6)28-31)38-32-18-14-12-15-19-32/h12-26,29,35,38H,7-11,27-28H2,1-6H3. The predicted molar refractivity (Wildman–Crippen MR) is 172 cm³/mol. The van der Waals surface area contributed by atoms with Crippen molar-refractivity contribution < 1.29 is 0 Å². The Morgan fingerprint density at radius 2 is 1.23 bits per heavy atom. The zero-order valence-electron chi connectivity index (χ0n) is 25.2. The summed E-state index contributed by atoms with van der Waals surface area (Å²) in [4.78, 5) is 2.70. The quantitative estimate of drug-likeness (QED) is 0.254. The lowest BCUT2D eigenvalue weighted by Gasteiger charge is -2.57. The third-order valence-electron chi connectivity index (χ3n) is 10.1. The molecule has 4 rings (SSSR count). The maximum atomic E-state index is 3.75. The molecule has 2 nitrogen and oxygen atoms in total. The van der Waals surface area contributed by atoms with Gasteiger partial charge in [-0.1, -0.05) is 96.1 Å². The van der Waals surface area contributed by atoms with E-state index < -0.39 is 0 Å². The Morgan fingerprint density at radius 3 is 1.74 bits per heavy atom. The summed E-state index contributed by atoms with van der Waals surface area (Å²) >= 11 is 0. The maximum absolute atomic E-state index is 3.75. The van der Waals surface area contributed by atoms with E-state index >= 15 is 0 Å². The summed E-state index contributed by atoms with van der Waals surface area (Å²) in [5.74, 6) is 0.581. The molecule has 2 unspecified atom stereocenters. The summed E-state index contributed by atoms with van der Waals surface area (Å²) in [6.45, 7) is 14.4. The van der Waals surface area contributed by atoms with Crippen LogP contribution >= 0.6 is 0 Å². The molecule has 3 aromatic carbocycles. The molecule has 1 N–H and O–H groups in total. The Hall–Kier alpha value is -3.00. The van der Waals surface area contributed by atoms with Crippen molar-refractivity contribution in [2.24, 2.45) is 11.3 Å². The minimum Gasteiger partial charge on any atom is -0.382 e. The van der Waals surface area contributed by atoms with Crippen LogP contribution in [0, 0.1) is 11.3 Å². The third-order valence-corrected chi connectivity index (χ3v) is 10.1. The summed E-state index contributed by atoms with van der Waals surface area (Å²) in [6.07, 6.45) is 10.4. The normalized spacial score (nSPS) is 17.9. The van der Waals surface area contributed by atoms with E-state index in [0.29, 0.717) is 12.0 Å². The Balaban J connectivity index is 1.67. The van der Waals surface area contributed by atoms with E-state index in [2.05, 4.69) is 143 Å². The smallest absolute Gasteiger partial charge is 0.0501 e. The first-order valence-corrected chi connectivity index (χ1v) is 15.4. The number of allylic oxidation sites excluding steroid dienone is 1. The average Bonchev–Trinajstić information content (AvgIpc) is 3.00. The van der Waals surface area contributed by atoms with Crippen molar-refractivity contribution in [3.05, 3.63) is 96.6 Å². The lowest BCUT2D eigenvalue weighted by Crippen LogP contribution is -2.58. The number of rotatable bonds is 12. The van der Waals surface area contributed by atoms with Crippen molar-refractivity contribution in [2.75, 3.05) is 10.2 Å². The molecule has 1 aliphatic carbocycles. The van der Waals surface area contributed by atoms with E-state index in [1.165, 1.54) is 47.5 Å². The molecule has 0 heterocycles. The van der Waals surface area contributed by atoms with Gasteiger partial charge in [0.25, 0.3) is 0 Å². The molecule has 3 aromatic rings. The predicted octanol–water partition coefficient (Wildman–Crippen LogP) is 10.9. The Labute approximate surface area is 238 Å². The number of hydrogen-bond donors (Lipinski definition) is 1. The highest BCUT2D eigenvalue weighted by Crippen LogP contribution is 2.53. The molecule has 0 fully saturated rings. The van der Waals surface area contributed by atoms with Crippen LogP contribution in [0.1, 0.15) is 92.1 Å². The summed E-state index contributed by atoms with van der Waals surface area (Å²) < 4.78 is 0. The van der Waals surface area contributed by atoms with Crippen molar-refractivity contribution in [3.8, 4) is 0 Å². The molecule has 39 heavy (non-hydrogen) atoms. The van der Waals surface area contributed by atoms with Gasteiger partial charge in [-0.05, 0) is 104 Å². The molecular formula is C37H50N2. The molecule has 0 spiro atoms. The number of hydrogen-bond acceptors (Lipinski definition) is 2. The SMILES string of the molecule is CCC(CC)(CC)C(CC)(CC)N(c1ccccc1)c1ccc(C2=CCC(Nc3ccccc3)C(C)C2)cc1. The van der Waals surface area contributed by atoms with Crippen LogP contribution < -0.4 is 10.2 Å². The second-order valence-electron chi connectivity index (χ2n) is 11.6. The minimum absolute atomic E-state index is 0.0447. The molecule has 0 radical (unpaired) electrons. The van der Waals surface area contributed by atoms with Crippen molar-refractivity contribution in [1.29, 1.82) is 0 Å². The van der Waals surface area contributed by atoms with Gasteiger partial charge in [-0.2, -0.15) is 0 Å². The fraction of sp³-hybridized carbons (Fsp3) is 0.459. The van der Waals surface area contributed by atoms with Crippen molar-refractivity contribution in [1.82, 2.24) is 0 Å². The van der Waals surface area contributed by atoms with Crippen LogP contribution in [0.2, 0.25) is 0 Å². The van der Waals surface area contributed by atoms with Crippen LogP contribution in [0.5, 0.6) is 0 Å². The average molecular weight is 523 g/mol. The second kappa shape index (κ2) is 12.9. The molecule has 0 saturated carbocycles. The third kappa shape index (κ3) is 5.67. The molecule has 0 saturated heterocycles. The summed E-state index contributed by atoms with van der Waals surface area (Å²) in [6, 6.07) is 31.7. The van der Waals surface area contributed by atoms with Gasteiger partial charge in [-0.25, -0.2) is 0 Å². The van der Waals surface area contributed by atoms with Gasteiger partial charge < -0.3 is 10.2 Å². The highest BCUT2D eigenvalue weighted by Gasteiger charge is 2.50. The van der Waals surface area contributed by atoms with E-state index in [1.807, 2.05) is 0 Å². The first kappa shape index (κ1) is 29.0. The van der Waals surface area contributed by atoms with Gasteiger partial charge >= 0.3 is 0 Å². The van der Waals surface area contributed by atoms with Crippen LogP contribution in [0.25, 0.3) is 5.57 Å². The van der Waals surface area contributed by atoms with Gasteiger partial charge in [0.1, 0.15) is 0 Å². The van der Waals surface area contributed by atoms with Gasteiger partial charge in [0, 0.05) is 23.1 Å². The highest BCUT2D eigenvalue weighted by atomic mass is 15.2. The van der Waals surface area contributed by atoms with Gasteiger partial charge in [0.2, 0.25) is 0 Å². The van der Waals surface area contributed by atoms with E-state index in [-0.39, 0.29) is 11.0 Å². The summed E-state index contributed by atoms with van der Waals surface area (Å²) in [7, 11) is 0. The Kier molecular flexibility index (Phi) is 9.59. The fourth-order valence-corrected chi connectivity index (χ4v) is 7.59. The zero-order valence-corrected chi connectivity index (χ0v) is 25.2. The van der Waals surface area contributed by atoms with Crippen LogP contribution in [-0.4, -0.2) is 11.6 Å². The number of nitrogens with zero attached hydrogens (tertiary/aromatic N) is 1. The maximum Gasteiger partial charge on any atom is 0.0501 e. The summed E-state index contributed by atoms with van der Waals surface area (Å²) in [5.41, 5.74) is 6.96. The van der Waals surface area contributed by atoms with E-state index in [0.717, 1.165) is 25.7 Å². The first-order chi connectivity index (χ1) is 19.0. The molecule has 0 aromatic heterocycles. The number of anilines is 3. The molecular weight excluding hydrogens is 472 g/mol. The van der Waals surface area contributed by atoms with Gasteiger partial charge in [-0.3, -0.25) is 0 Å². The Morgan fingerprint density at radius 1 is 0.692 bits per heavy atom. The second-order valence-corrected chi connectivity index (χ2v) is 11.6.